The van der Waals surface area contributed by atoms with E-state index >= 15 is 0 Å². The van der Waals surface area contributed by atoms with Crippen LogP contribution in [0.25, 0.3) is 0 Å². The van der Waals surface area contributed by atoms with Gasteiger partial charge in [-0.15, -0.1) is 0 Å². The van der Waals surface area contributed by atoms with Gasteiger partial charge in [0.1, 0.15) is 11.6 Å². The molecule has 0 saturated heterocycles. The largest absolute Gasteiger partial charge is 0.434 e. The van der Waals surface area contributed by atoms with Gasteiger partial charge in [-0.1, -0.05) is 18.2 Å². The molecule has 0 radical (unpaired) electrons. The molecule has 1 atom stereocenters. The van der Waals surface area contributed by atoms with Gasteiger partial charge in [0.25, 0.3) is 0 Å². The third-order valence-corrected chi connectivity index (χ3v) is 2.83. The van der Waals surface area contributed by atoms with Crippen LogP contribution in [0.1, 0.15) is 18.5 Å². The summed E-state index contributed by atoms with van der Waals surface area (Å²) < 4.78 is 42.0. The first-order chi connectivity index (χ1) is 9.56. The highest BCUT2D eigenvalue weighted by atomic mass is 19.3. The van der Waals surface area contributed by atoms with Crippen molar-refractivity contribution < 1.29 is 17.9 Å². The molecule has 5 heteroatoms. The standard InChI is InChI=1S/C15H14F3NO/c1-10(19-12-8-6-11(16)7-9-12)13-4-2-3-5-14(13)20-15(17)18/h2-10,15,19H,1H3. The fourth-order valence-electron chi connectivity index (χ4n) is 1.92. The summed E-state index contributed by atoms with van der Waals surface area (Å²) >= 11 is 0. The number of benzene rings is 2. The topological polar surface area (TPSA) is 21.3 Å². The molecule has 0 bridgehead atoms. The van der Waals surface area contributed by atoms with E-state index in [-0.39, 0.29) is 17.6 Å². The van der Waals surface area contributed by atoms with Crippen LogP contribution in [0.3, 0.4) is 0 Å². The maximum atomic E-state index is 12.8. The van der Waals surface area contributed by atoms with Crippen molar-refractivity contribution in [2.75, 3.05) is 5.32 Å². The molecule has 2 aromatic rings. The number of anilines is 1. The Balaban J connectivity index is 2.16. The molecule has 0 heterocycles. The lowest BCUT2D eigenvalue weighted by Gasteiger charge is -2.19. The van der Waals surface area contributed by atoms with Crippen molar-refractivity contribution in [2.45, 2.75) is 19.6 Å². The zero-order chi connectivity index (χ0) is 14.5. The molecule has 0 amide bonds. The molecular weight excluding hydrogens is 267 g/mol. The third kappa shape index (κ3) is 3.66. The molecule has 0 spiro atoms. The molecule has 2 aromatic carbocycles. The third-order valence-electron chi connectivity index (χ3n) is 2.83. The van der Waals surface area contributed by atoms with Gasteiger partial charge in [-0.2, -0.15) is 8.78 Å². The molecule has 0 aliphatic carbocycles. The first-order valence-electron chi connectivity index (χ1n) is 6.12. The SMILES string of the molecule is CC(Nc1ccc(F)cc1)c1ccccc1OC(F)F. The van der Waals surface area contributed by atoms with Gasteiger partial charge in [0.15, 0.2) is 0 Å². The molecule has 0 saturated carbocycles. The van der Waals surface area contributed by atoms with Gasteiger partial charge in [-0.25, -0.2) is 4.39 Å². The minimum atomic E-state index is -2.87. The predicted octanol–water partition coefficient (Wildman–Crippen LogP) is 4.60. The van der Waals surface area contributed by atoms with Crippen molar-refractivity contribution in [3.63, 3.8) is 0 Å². The van der Waals surface area contributed by atoms with Gasteiger partial charge in [0.05, 0.1) is 6.04 Å². The van der Waals surface area contributed by atoms with Crippen LogP contribution in [0, 0.1) is 5.82 Å². The number of alkyl halides is 2. The van der Waals surface area contributed by atoms with Gasteiger partial charge in [0.2, 0.25) is 0 Å². The van der Waals surface area contributed by atoms with Crippen molar-refractivity contribution in [1.82, 2.24) is 0 Å². The molecule has 1 N–H and O–H groups in total. The Morgan fingerprint density at radius 2 is 1.65 bits per heavy atom. The first kappa shape index (κ1) is 14.2. The van der Waals surface area contributed by atoms with Gasteiger partial charge in [-0.05, 0) is 37.3 Å². The Hall–Kier alpha value is -2.17. The summed E-state index contributed by atoms with van der Waals surface area (Å²) in [6.45, 7) is -1.05. The second-order valence-electron chi connectivity index (χ2n) is 4.29. The van der Waals surface area contributed by atoms with Crippen LogP contribution in [-0.4, -0.2) is 6.61 Å². The highest BCUT2D eigenvalue weighted by Gasteiger charge is 2.14. The molecule has 0 aliphatic rings. The number of nitrogens with one attached hydrogen (secondary N) is 1. The van der Waals surface area contributed by atoms with Gasteiger partial charge < -0.3 is 10.1 Å². The van der Waals surface area contributed by atoms with E-state index in [0.29, 0.717) is 11.3 Å². The fourth-order valence-corrected chi connectivity index (χ4v) is 1.92. The zero-order valence-corrected chi connectivity index (χ0v) is 10.8. The summed E-state index contributed by atoms with van der Waals surface area (Å²) in [4.78, 5) is 0. The summed E-state index contributed by atoms with van der Waals surface area (Å²) in [5, 5.41) is 3.11. The number of halogens is 3. The monoisotopic (exact) mass is 281 g/mol. The zero-order valence-electron chi connectivity index (χ0n) is 10.8. The number of hydrogen-bond acceptors (Lipinski definition) is 2. The van der Waals surface area contributed by atoms with Gasteiger partial charge >= 0.3 is 6.61 Å². The van der Waals surface area contributed by atoms with Crippen molar-refractivity contribution in [3.8, 4) is 5.75 Å². The maximum absolute atomic E-state index is 12.8. The van der Waals surface area contributed by atoms with Crippen LogP contribution >= 0.6 is 0 Å². The van der Waals surface area contributed by atoms with E-state index in [1.54, 1.807) is 30.3 Å². The van der Waals surface area contributed by atoms with Crippen LogP contribution in [0.2, 0.25) is 0 Å². The van der Waals surface area contributed by atoms with Gasteiger partial charge in [-0.3, -0.25) is 0 Å². The van der Waals surface area contributed by atoms with Crippen LogP contribution in [0.4, 0.5) is 18.9 Å². The van der Waals surface area contributed by atoms with E-state index in [1.807, 2.05) is 6.92 Å². The second-order valence-corrected chi connectivity index (χ2v) is 4.29. The van der Waals surface area contributed by atoms with E-state index in [9.17, 15) is 13.2 Å². The molecule has 2 nitrogen and oxygen atoms in total. The highest BCUT2D eigenvalue weighted by molar-refractivity contribution is 5.47. The summed E-state index contributed by atoms with van der Waals surface area (Å²) in [7, 11) is 0. The van der Waals surface area contributed by atoms with E-state index in [0.717, 1.165) is 0 Å². The predicted molar refractivity (Wildman–Crippen MR) is 71.5 cm³/mol. The molecule has 2 rings (SSSR count). The number of rotatable bonds is 5. The average molecular weight is 281 g/mol. The van der Waals surface area contributed by atoms with E-state index in [2.05, 4.69) is 10.1 Å². The summed E-state index contributed by atoms with van der Waals surface area (Å²) in [5.41, 5.74) is 1.31. The quantitative estimate of drug-likeness (QED) is 0.864. The van der Waals surface area contributed by atoms with E-state index < -0.39 is 6.61 Å². The smallest absolute Gasteiger partial charge is 0.387 e. The Labute approximate surface area is 115 Å². The summed E-state index contributed by atoms with van der Waals surface area (Å²) in [6, 6.07) is 12.2. The van der Waals surface area contributed by atoms with Crippen LogP contribution in [-0.2, 0) is 0 Å². The van der Waals surface area contributed by atoms with Gasteiger partial charge in [0, 0.05) is 11.3 Å². The van der Waals surface area contributed by atoms with Crippen LogP contribution < -0.4 is 10.1 Å². The summed E-state index contributed by atoms with van der Waals surface area (Å²) in [5.74, 6) is -0.200. The molecule has 20 heavy (non-hydrogen) atoms. The second kappa shape index (κ2) is 6.32. The van der Waals surface area contributed by atoms with Crippen molar-refractivity contribution in [3.05, 3.63) is 59.9 Å². The van der Waals surface area contributed by atoms with Crippen LogP contribution in [0.5, 0.6) is 5.75 Å². The molecule has 106 valence electrons. The fraction of sp³-hybridized carbons (Fsp3) is 0.200. The molecule has 0 aliphatic heterocycles. The number of hydrogen-bond donors (Lipinski definition) is 1. The Morgan fingerprint density at radius 1 is 1.00 bits per heavy atom. The molecule has 0 aromatic heterocycles. The normalized spacial score (nSPS) is 12.2. The lowest BCUT2D eigenvalue weighted by atomic mass is 10.1. The van der Waals surface area contributed by atoms with E-state index in [4.69, 9.17) is 0 Å². The van der Waals surface area contributed by atoms with Crippen LogP contribution in [0.15, 0.2) is 48.5 Å². The molecule has 0 fully saturated rings. The minimum Gasteiger partial charge on any atom is -0.434 e. The van der Waals surface area contributed by atoms with Crippen molar-refractivity contribution in [1.29, 1.82) is 0 Å². The Bertz CT molecular complexity index is 557. The number of para-hydroxylation sites is 1. The highest BCUT2D eigenvalue weighted by Crippen LogP contribution is 2.28. The molecule has 1 unspecified atom stereocenters. The first-order valence-corrected chi connectivity index (χ1v) is 6.12. The lowest BCUT2D eigenvalue weighted by molar-refractivity contribution is -0.0505. The Kier molecular flexibility index (Phi) is 4.50. The van der Waals surface area contributed by atoms with Crippen molar-refractivity contribution in [2.24, 2.45) is 0 Å². The Morgan fingerprint density at radius 3 is 2.30 bits per heavy atom. The summed E-state index contributed by atoms with van der Waals surface area (Å²) in [6.07, 6.45) is 0. The number of ether oxygens (including phenoxy) is 1. The average Bonchev–Trinajstić information content (AvgIpc) is 2.41. The van der Waals surface area contributed by atoms with Crippen molar-refractivity contribution >= 4 is 5.69 Å². The lowest BCUT2D eigenvalue weighted by Crippen LogP contribution is -2.11. The van der Waals surface area contributed by atoms with E-state index in [1.165, 1.54) is 18.2 Å². The molecular formula is C15H14F3NO. The maximum Gasteiger partial charge on any atom is 0.387 e. The minimum absolute atomic E-state index is 0.129.